The second-order valence-corrected chi connectivity index (χ2v) is 3.52. The number of para-hydroxylation sites is 1. The van der Waals surface area contributed by atoms with Gasteiger partial charge in [0.25, 0.3) is 0 Å². The minimum atomic E-state index is 0.306. The molecule has 1 heterocycles. The zero-order valence-corrected chi connectivity index (χ0v) is 9.78. The van der Waals surface area contributed by atoms with Gasteiger partial charge in [0.1, 0.15) is 18.6 Å². The Hall–Kier alpha value is -1.92. The van der Waals surface area contributed by atoms with Crippen LogP contribution in [-0.2, 0) is 6.61 Å². The van der Waals surface area contributed by atoms with Crippen LogP contribution in [0.15, 0.2) is 41.2 Å². The second kappa shape index (κ2) is 5.97. The van der Waals surface area contributed by atoms with Crippen molar-refractivity contribution in [1.82, 2.24) is 5.16 Å². The lowest BCUT2D eigenvalue weighted by Crippen LogP contribution is -1.95. The van der Waals surface area contributed by atoms with Gasteiger partial charge in [-0.2, -0.15) is 0 Å². The number of ether oxygens (including phenoxy) is 1. The van der Waals surface area contributed by atoms with Gasteiger partial charge in [0.15, 0.2) is 0 Å². The van der Waals surface area contributed by atoms with E-state index in [0.717, 1.165) is 16.9 Å². The van der Waals surface area contributed by atoms with Gasteiger partial charge in [0.05, 0.1) is 17.6 Å². The third-order valence-corrected chi connectivity index (χ3v) is 2.19. The molecule has 86 valence electrons. The van der Waals surface area contributed by atoms with Crippen molar-refractivity contribution in [3.63, 3.8) is 0 Å². The molecule has 0 aliphatic carbocycles. The van der Waals surface area contributed by atoms with Crippen LogP contribution in [0.25, 0.3) is 0 Å². The van der Waals surface area contributed by atoms with Crippen LogP contribution in [0, 0.1) is 11.8 Å². The van der Waals surface area contributed by atoms with E-state index in [4.69, 9.17) is 20.9 Å². The van der Waals surface area contributed by atoms with Crippen LogP contribution in [0.1, 0.15) is 11.1 Å². The van der Waals surface area contributed by atoms with Crippen molar-refractivity contribution in [3.05, 3.63) is 47.9 Å². The van der Waals surface area contributed by atoms with Crippen molar-refractivity contribution < 1.29 is 9.26 Å². The van der Waals surface area contributed by atoms with Crippen LogP contribution in [0.3, 0.4) is 0 Å². The van der Waals surface area contributed by atoms with E-state index >= 15 is 0 Å². The first-order chi connectivity index (χ1) is 8.40. The van der Waals surface area contributed by atoms with Gasteiger partial charge >= 0.3 is 0 Å². The van der Waals surface area contributed by atoms with Crippen molar-refractivity contribution in [2.75, 3.05) is 5.88 Å². The molecule has 0 unspecified atom stereocenters. The lowest BCUT2D eigenvalue weighted by atomic mass is 10.2. The molecule has 0 saturated heterocycles. The Morgan fingerprint density at radius 2 is 2.24 bits per heavy atom. The molecule has 0 atom stereocenters. The Kier molecular flexibility index (Phi) is 4.06. The van der Waals surface area contributed by atoms with Crippen molar-refractivity contribution in [1.29, 1.82) is 0 Å². The summed E-state index contributed by atoms with van der Waals surface area (Å²) in [5, 5.41) is 3.61. The normalized spacial score (nSPS) is 9.47. The molecule has 1 aromatic carbocycles. The molecule has 2 rings (SSSR count). The molecular weight excluding hydrogens is 238 g/mol. The summed E-state index contributed by atoms with van der Waals surface area (Å²) in [6, 6.07) is 7.56. The molecule has 0 radical (unpaired) electrons. The molecule has 0 N–H and O–H groups in total. The number of aromatic nitrogens is 1. The highest BCUT2D eigenvalue weighted by Crippen LogP contribution is 2.18. The summed E-state index contributed by atoms with van der Waals surface area (Å²) in [5.41, 5.74) is 1.70. The van der Waals surface area contributed by atoms with E-state index in [2.05, 4.69) is 17.0 Å². The fraction of sp³-hybridized carbons (Fsp3) is 0.154. The fourth-order valence-electron chi connectivity index (χ4n) is 1.28. The van der Waals surface area contributed by atoms with Gasteiger partial charge in [-0.1, -0.05) is 29.1 Å². The lowest BCUT2D eigenvalue weighted by Gasteiger charge is -2.06. The second-order valence-electron chi connectivity index (χ2n) is 3.25. The van der Waals surface area contributed by atoms with E-state index in [1.54, 1.807) is 12.5 Å². The molecule has 0 saturated carbocycles. The predicted octanol–water partition coefficient (Wildman–Crippen LogP) is 2.84. The Morgan fingerprint density at radius 3 is 3.00 bits per heavy atom. The highest BCUT2D eigenvalue weighted by atomic mass is 35.5. The summed E-state index contributed by atoms with van der Waals surface area (Å²) in [6.45, 7) is 0.406. The standard InChI is InChI=1S/C13H10ClNO2/c14-7-3-5-12-4-1-2-6-13(12)16-9-11-8-15-17-10-11/h1-2,4,6,8,10H,7,9H2. The molecule has 4 heteroatoms. The third-order valence-electron chi connectivity index (χ3n) is 2.05. The van der Waals surface area contributed by atoms with E-state index in [1.807, 2.05) is 24.3 Å². The first-order valence-electron chi connectivity index (χ1n) is 5.05. The topological polar surface area (TPSA) is 35.3 Å². The number of alkyl halides is 1. The number of hydrogen-bond donors (Lipinski definition) is 0. The Morgan fingerprint density at radius 1 is 1.35 bits per heavy atom. The van der Waals surface area contributed by atoms with E-state index in [0.29, 0.717) is 12.5 Å². The SMILES string of the molecule is ClCC#Cc1ccccc1OCc1cnoc1. The van der Waals surface area contributed by atoms with Crippen molar-refractivity contribution in [3.8, 4) is 17.6 Å². The summed E-state index contributed by atoms with van der Waals surface area (Å²) < 4.78 is 10.4. The van der Waals surface area contributed by atoms with Crippen LogP contribution in [0.5, 0.6) is 5.75 Å². The molecule has 0 fully saturated rings. The summed E-state index contributed by atoms with van der Waals surface area (Å²) in [7, 11) is 0. The van der Waals surface area contributed by atoms with Gasteiger partial charge in [-0.15, -0.1) is 11.6 Å². The number of rotatable bonds is 3. The summed E-state index contributed by atoms with van der Waals surface area (Å²) in [6.07, 6.45) is 3.17. The highest BCUT2D eigenvalue weighted by molar-refractivity contribution is 6.19. The van der Waals surface area contributed by atoms with Gasteiger partial charge in [-0.05, 0) is 12.1 Å². The maximum atomic E-state index is 5.63. The zero-order valence-electron chi connectivity index (χ0n) is 9.02. The number of nitrogens with zero attached hydrogens (tertiary/aromatic N) is 1. The zero-order chi connectivity index (χ0) is 11.9. The van der Waals surface area contributed by atoms with E-state index in [-0.39, 0.29) is 0 Å². The summed E-state index contributed by atoms with van der Waals surface area (Å²) in [4.78, 5) is 0. The van der Waals surface area contributed by atoms with Crippen LogP contribution in [0.2, 0.25) is 0 Å². The first-order valence-corrected chi connectivity index (χ1v) is 5.58. The molecule has 0 aliphatic heterocycles. The Balaban J connectivity index is 2.09. The van der Waals surface area contributed by atoms with Gasteiger partial charge in [-0.25, -0.2) is 0 Å². The van der Waals surface area contributed by atoms with E-state index < -0.39 is 0 Å². The average Bonchev–Trinajstić information content (AvgIpc) is 2.88. The van der Waals surface area contributed by atoms with E-state index in [9.17, 15) is 0 Å². The summed E-state index contributed by atoms with van der Waals surface area (Å²) >= 11 is 5.53. The number of benzene rings is 1. The maximum Gasteiger partial charge on any atom is 0.135 e. The molecule has 2 aromatic rings. The van der Waals surface area contributed by atoms with Crippen molar-refractivity contribution >= 4 is 11.6 Å². The maximum absolute atomic E-state index is 5.63. The average molecular weight is 248 g/mol. The van der Waals surface area contributed by atoms with Gasteiger partial charge < -0.3 is 9.26 Å². The third kappa shape index (κ3) is 3.27. The fourth-order valence-corrected chi connectivity index (χ4v) is 1.35. The Labute approximate surface area is 104 Å². The smallest absolute Gasteiger partial charge is 0.135 e. The van der Waals surface area contributed by atoms with Gasteiger partial charge in [-0.3, -0.25) is 0 Å². The molecule has 0 amide bonds. The van der Waals surface area contributed by atoms with Gasteiger partial charge in [0, 0.05) is 5.56 Å². The minimum absolute atomic E-state index is 0.306. The quantitative estimate of drug-likeness (QED) is 0.618. The Bertz CT molecular complexity index is 526. The largest absolute Gasteiger partial charge is 0.487 e. The molecular formula is C13H10ClNO2. The van der Waals surface area contributed by atoms with Crippen LogP contribution < -0.4 is 4.74 Å². The van der Waals surface area contributed by atoms with Crippen molar-refractivity contribution in [2.24, 2.45) is 0 Å². The molecule has 0 bridgehead atoms. The van der Waals surface area contributed by atoms with Crippen LogP contribution >= 0.6 is 11.6 Å². The predicted molar refractivity (Wildman–Crippen MR) is 64.9 cm³/mol. The van der Waals surface area contributed by atoms with Crippen LogP contribution in [0.4, 0.5) is 0 Å². The minimum Gasteiger partial charge on any atom is -0.487 e. The monoisotopic (exact) mass is 247 g/mol. The molecule has 17 heavy (non-hydrogen) atoms. The van der Waals surface area contributed by atoms with Crippen LogP contribution in [-0.4, -0.2) is 11.0 Å². The number of halogens is 1. The highest BCUT2D eigenvalue weighted by Gasteiger charge is 2.01. The van der Waals surface area contributed by atoms with E-state index in [1.165, 1.54) is 0 Å². The van der Waals surface area contributed by atoms with Gasteiger partial charge in [0.2, 0.25) is 0 Å². The molecule has 1 aromatic heterocycles. The molecule has 0 aliphatic rings. The lowest BCUT2D eigenvalue weighted by molar-refractivity contribution is 0.303. The first kappa shape index (κ1) is 11.6. The van der Waals surface area contributed by atoms with Crippen molar-refractivity contribution in [2.45, 2.75) is 6.61 Å². The molecule has 3 nitrogen and oxygen atoms in total. The summed E-state index contributed by atoms with van der Waals surface area (Å²) in [5.74, 6) is 6.78. The molecule has 0 spiro atoms. The number of hydrogen-bond acceptors (Lipinski definition) is 3.